The Morgan fingerprint density at radius 2 is 1.78 bits per heavy atom. The maximum atomic E-state index is 13.1. The molecule has 1 aliphatic rings. The second kappa shape index (κ2) is 7.19. The maximum absolute atomic E-state index is 13.1. The van der Waals surface area contributed by atoms with Gasteiger partial charge in [0.05, 0.1) is 12.5 Å². The highest BCUT2D eigenvalue weighted by molar-refractivity contribution is 5.97. The van der Waals surface area contributed by atoms with Crippen LogP contribution in [0.2, 0.25) is 0 Å². The number of amides is 2. The quantitative estimate of drug-likeness (QED) is 0.773. The van der Waals surface area contributed by atoms with Gasteiger partial charge in [0, 0.05) is 18.7 Å². The molecular formula is C22H19FN2O2. The predicted molar refractivity (Wildman–Crippen MR) is 103 cm³/mol. The minimum atomic E-state index is -0.342. The molecule has 0 aromatic heterocycles. The number of carbonyl (C=O) groups excluding carboxylic acids is 2. The Bertz CT molecular complexity index is 995. The van der Waals surface area contributed by atoms with Crippen molar-refractivity contribution in [2.75, 3.05) is 11.4 Å². The zero-order valence-corrected chi connectivity index (χ0v) is 14.7. The molecule has 0 spiro atoms. The van der Waals surface area contributed by atoms with Crippen LogP contribution in [0.25, 0.3) is 10.8 Å². The van der Waals surface area contributed by atoms with Crippen LogP contribution in [0.3, 0.4) is 0 Å². The molecule has 1 fully saturated rings. The number of rotatable bonds is 4. The highest BCUT2D eigenvalue weighted by atomic mass is 19.1. The zero-order chi connectivity index (χ0) is 18.8. The van der Waals surface area contributed by atoms with Gasteiger partial charge in [0.15, 0.2) is 0 Å². The first kappa shape index (κ1) is 17.2. The van der Waals surface area contributed by atoms with Crippen LogP contribution in [-0.2, 0) is 16.0 Å². The molecule has 0 aliphatic carbocycles. The summed E-state index contributed by atoms with van der Waals surface area (Å²) < 4.78 is 13.1. The third-order valence-corrected chi connectivity index (χ3v) is 4.86. The van der Waals surface area contributed by atoms with Gasteiger partial charge < -0.3 is 10.2 Å². The lowest BCUT2D eigenvalue weighted by Crippen LogP contribution is -2.38. The van der Waals surface area contributed by atoms with Crippen LogP contribution >= 0.6 is 0 Å². The highest BCUT2D eigenvalue weighted by Crippen LogP contribution is 2.22. The molecule has 1 aliphatic heterocycles. The van der Waals surface area contributed by atoms with Crippen molar-refractivity contribution in [2.45, 2.75) is 18.9 Å². The standard InChI is InChI=1S/C22H19FN2O2/c23-17-8-10-19(11-9-17)25-14-18(13-22(25)27)24-21(26)12-16-6-3-5-15-4-1-2-7-20(15)16/h1-11,18H,12-14H2,(H,24,26). The minimum Gasteiger partial charge on any atom is -0.351 e. The molecule has 2 amide bonds. The van der Waals surface area contributed by atoms with E-state index >= 15 is 0 Å². The molecule has 1 unspecified atom stereocenters. The van der Waals surface area contributed by atoms with Crippen LogP contribution in [0.4, 0.5) is 10.1 Å². The van der Waals surface area contributed by atoms with E-state index in [9.17, 15) is 14.0 Å². The number of halogens is 1. The summed E-state index contributed by atoms with van der Waals surface area (Å²) in [4.78, 5) is 26.4. The Hall–Kier alpha value is -3.21. The number of hydrogen-bond acceptors (Lipinski definition) is 2. The van der Waals surface area contributed by atoms with Gasteiger partial charge in [-0.15, -0.1) is 0 Å². The molecule has 1 atom stereocenters. The molecule has 1 saturated heterocycles. The molecule has 3 aromatic carbocycles. The summed E-state index contributed by atoms with van der Waals surface area (Å²) in [5.74, 6) is -0.521. The lowest BCUT2D eigenvalue weighted by atomic mass is 10.0. The summed E-state index contributed by atoms with van der Waals surface area (Å²) in [6.07, 6.45) is 0.515. The summed E-state index contributed by atoms with van der Waals surface area (Å²) in [5.41, 5.74) is 1.61. The molecule has 1 N–H and O–H groups in total. The van der Waals surface area contributed by atoms with E-state index in [0.29, 0.717) is 12.2 Å². The number of nitrogens with one attached hydrogen (secondary N) is 1. The third-order valence-electron chi connectivity index (χ3n) is 4.86. The highest BCUT2D eigenvalue weighted by Gasteiger charge is 2.31. The molecule has 4 rings (SSSR count). The Labute approximate surface area is 156 Å². The Balaban J connectivity index is 1.43. The van der Waals surface area contributed by atoms with Crippen molar-refractivity contribution in [2.24, 2.45) is 0 Å². The predicted octanol–water partition coefficient (Wildman–Crippen LogP) is 3.44. The maximum Gasteiger partial charge on any atom is 0.229 e. The molecule has 4 nitrogen and oxygen atoms in total. The topological polar surface area (TPSA) is 49.4 Å². The van der Waals surface area contributed by atoms with E-state index in [0.717, 1.165) is 16.3 Å². The van der Waals surface area contributed by atoms with Crippen LogP contribution in [0.1, 0.15) is 12.0 Å². The van der Waals surface area contributed by atoms with Gasteiger partial charge in [0.1, 0.15) is 5.82 Å². The number of fused-ring (bicyclic) bond motifs is 1. The summed E-state index contributed by atoms with van der Waals surface area (Å²) >= 11 is 0. The van der Waals surface area contributed by atoms with E-state index in [2.05, 4.69) is 5.32 Å². The summed E-state index contributed by atoms with van der Waals surface area (Å²) in [6, 6.07) is 19.4. The van der Waals surface area contributed by atoms with Gasteiger partial charge >= 0.3 is 0 Å². The van der Waals surface area contributed by atoms with Crippen molar-refractivity contribution in [1.82, 2.24) is 5.32 Å². The molecule has 0 radical (unpaired) electrons. The molecule has 5 heteroatoms. The normalized spacial score (nSPS) is 16.7. The molecule has 0 bridgehead atoms. The van der Waals surface area contributed by atoms with Gasteiger partial charge in [-0.2, -0.15) is 0 Å². The molecule has 27 heavy (non-hydrogen) atoms. The van der Waals surface area contributed by atoms with E-state index in [4.69, 9.17) is 0 Å². The largest absolute Gasteiger partial charge is 0.351 e. The van der Waals surface area contributed by atoms with E-state index in [1.54, 1.807) is 17.0 Å². The average molecular weight is 362 g/mol. The third kappa shape index (κ3) is 3.67. The lowest BCUT2D eigenvalue weighted by Gasteiger charge is -2.17. The molecule has 0 saturated carbocycles. The average Bonchev–Trinajstić information content (AvgIpc) is 3.02. The van der Waals surface area contributed by atoms with E-state index in [-0.39, 0.29) is 36.5 Å². The number of hydrogen-bond donors (Lipinski definition) is 1. The van der Waals surface area contributed by atoms with Crippen molar-refractivity contribution < 1.29 is 14.0 Å². The number of nitrogens with zero attached hydrogens (tertiary/aromatic N) is 1. The second-order valence-corrected chi connectivity index (χ2v) is 6.76. The number of carbonyl (C=O) groups is 2. The van der Waals surface area contributed by atoms with E-state index in [1.807, 2.05) is 42.5 Å². The number of benzene rings is 3. The van der Waals surface area contributed by atoms with Gasteiger partial charge in [-0.25, -0.2) is 4.39 Å². The summed E-state index contributed by atoms with van der Waals surface area (Å²) in [7, 11) is 0. The SMILES string of the molecule is O=C(Cc1cccc2ccccc12)NC1CC(=O)N(c2ccc(F)cc2)C1. The zero-order valence-electron chi connectivity index (χ0n) is 14.7. The van der Waals surface area contributed by atoms with Gasteiger partial charge in [-0.3, -0.25) is 9.59 Å². The summed E-state index contributed by atoms with van der Waals surface area (Å²) in [6.45, 7) is 0.395. The van der Waals surface area contributed by atoms with Crippen LogP contribution < -0.4 is 10.2 Å². The molecule has 3 aromatic rings. The minimum absolute atomic E-state index is 0.0722. The fourth-order valence-corrected chi connectivity index (χ4v) is 3.57. The van der Waals surface area contributed by atoms with E-state index < -0.39 is 0 Å². The Kier molecular flexibility index (Phi) is 4.59. The fourth-order valence-electron chi connectivity index (χ4n) is 3.57. The fraction of sp³-hybridized carbons (Fsp3) is 0.182. The van der Waals surface area contributed by atoms with Gasteiger partial charge in [-0.1, -0.05) is 42.5 Å². The van der Waals surface area contributed by atoms with E-state index in [1.165, 1.54) is 12.1 Å². The van der Waals surface area contributed by atoms with Crippen molar-refractivity contribution in [3.8, 4) is 0 Å². The van der Waals surface area contributed by atoms with Crippen LogP contribution in [0.15, 0.2) is 66.7 Å². The number of anilines is 1. The summed E-state index contributed by atoms with van der Waals surface area (Å²) in [5, 5.41) is 5.12. The molecule has 136 valence electrons. The second-order valence-electron chi connectivity index (χ2n) is 6.76. The van der Waals surface area contributed by atoms with Crippen LogP contribution in [-0.4, -0.2) is 24.4 Å². The monoisotopic (exact) mass is 362 g/mol. The van der Waals surface area contributed by atoms with Gasteiger partial charge in [0.25, 0.3) is 0 Å². The van der Waals surface area contributed by atoms with Gasteiger partial charge in [-0.05, 0) is 40.6 Å². The van der Waals surface area contributed by atoms with Crippen molar-refractivity contribution in [1.29, 1.82) is 0 Å². The first-order valence-electron chi connectivity index (χ1n) is 8.92. The molecule has 1 heterocycles. The Morgan fingerprint density at radius 3 is 2.59 bits per heavy atom. The van der Waals surface area contributed by atoms with Crippen LogP contribution in [0.5, 0.6) is 0 Å². The van der Waals surface area contributed by atoms with Crippen molar-refractivity contribution in [3.63, 3.8) is 0 Å². The van der Waals surface area contributed by atoms with Crippen molar-refractivity contribution in [3.05, 3.63) is 78.1 Å². The van der Waals surface area contributed by atoms with Gasteiger partial charge in [0.2, 0.25) is 11.8 Å². The first-order chi connectivity index (χ1) is 13.1. The Morgan fingerprint density at radius 1 is 1.04 bits per heavy atom. The lowest BCUT2D eigenvalue weighted by molar-refractivity contribution is -0.121. The first-order valence-corrected chi connectivity index (χ1v) is 8.92. The van der Waals surface area contributed by atoms with Crippen LogP contribution in [0, 0.1) is 5.82 Å². The smallest absolute Gasteiger partial charge is 0.229 e. The van der Waals surface area contributed by atoms with Crippen molar-refractivity contribution >= 4 is 28.3 Å². The molecular weight excluding hydrogens is 343 g/mol.